The zero-order valence-electron chi connectivity index (χ0n) is 55.9. The molecule has 5 fully saturated rings. The summed E-state index contributed by atoms with van der Waals surface area (Å²) >= 11 is 13.2. The van der Waals surface area contributed by atoms with Crippen molar-refractivity contribution in [1.29, 1.82) is 0 Å². The van der Waals surface area contributed by atoms with Crippen molar-refractivity contribution in [3.05, 3.63) is 0 Å². The summed E-state index contributed by atoms with van der Waals surface area (Å²) in [7, 11) is 8.51. The smallest absolute Gasteiger partial charge is 0.351 e. The zero-order chi connectivity index (χ0) is 68.1. The van der Waals surface area contributed by atoms with E-state index in [1.54, 1.807) is 27.7 Å². The van der Waals surface area contributed by atoms with E-state index in [1.165, 1.54) is 61.9 Å². The molecule has 2 saturated heterocycles. The summed E-state index contributed by atoms with van der Waals surface area (Å²) in [6, 6.07) is -7.74. The van der Waals surface area contributed by atoms with Crippen LogP contribution >= 0.6 is 23.2 Å². The molecule has 0 aromatic rings. The number of amides is 11. The molecule has 3 aliphatic carbocycles. The maximum absolute atomic E-state index is 15.1. The fraction of sp³-hybridized carbons (Fsp3) is 0.828. The van der Waals surface area contributed by atoms with Crippen LogP contribution in [0.25, 0.3) is 0 Å². The van der Waals surface area contributed by atoms with Crippen LogP contribution in [0.3, 0.4) is 0 Å². The fourth-order valence-electron chi connectivity index (χ4n) is 14.0. The summed E-state index contributed by atoms with van der Waals surface area (Å²) in [6.45, 7) is 10.9. The lowest BCUT2D eigenvalue weighted by Gasteiger charge is -2.39. The Kier molecular flexibility index (Phi) is 28.1. The Morgan fingerprint density at radius 1 is 0.615 bits per heavy atom. The van der Waals surface area contributed by atoms with Gasteiger partial charge in [-0.25, -0.2) is 0 Å². The summed E-state index contributed by atoms with van der Waals surface area (Å²) in [6.07, 6.45) is 1.17. The Balaban J connectivity index is 1.53. The summed E-state index contributed by atoms with van der Waals surface area (Å²) in [5.74, 6) is -10.1. The minimum absolute atomic E-state index is 0.00382. The lowest BCUT2D eigenvalue weighted by atomic mass is 9.78. The van der Waals surface area contributed by atoms with Crippen molar-refractivity contribution in [3.8, 4) is 0 Å². The highest BCUT2D eigenvalue weighted by atomic mass is 35.5. The van der Waals surface area contributed by atoms with Crippen molar-refractivity contribution in [1.82, 2.24) is 55.6 Å². The molecule has 1 spiro atoms. The van der Waals surface area contributed by atoms with E-state index >= 15 is 9.59 Å². The maximum atomic E-state index is 15.1. The first kappa shape index (κ1) is 76.3. The maximum Gasteiger partial charge on any atom is 0.393 e. The predicted octanol–water partition coefficient (Wildman–Crippen LogP) is 5.44. The Labute approximate surface area is 546 Å². The van der Waals surface area contributed by atoms with Crippen LogP contribution in [-0.2, 0) is 52.7 Å². The first-order valence-electron chi connectivity index (χ1n) is 32.9. The molecule has 11 amide bonds. The molecular weight excluding hydrogens is 1230 g/mol. The van der Waals surface area contributed by atoms with Gasteiger partial charge in [0.1, 0.15) is 41.8 Å². The molecular formula is C64H104Cl2F3N11O11. The van der Waals surface area contributed by atoms with Gasteiger partial charge in [0.15, 0.2) is 0 Å². The van der Waals surface area contributed by atoms with Crippen molar-refractivity contribution >= 4 is 88.2 Å². The normalized spacial score (nSPS) is 31.1. The predicted molar refractivity (Wildman–Crippen MR) is 338 cm³/mol. The van der Waals surface area contributed by atoms with E-state index < -0.39 is 162 Å². The highest BCUT2D eigenvalue weighted by Gasteiger charge is 2.51. The number of likely N-dealkylation sites (N-methyl/N-ethyl adjacent to an activating group) is 6. The van der Waals surface area contributed by atoms with E-state index in [0.717, 1.165) is 27.5 Å². The monoisotopic (exact) mass is 1330 g/mol. The van der Waals surface area contributed by atoms with E-state index in [2.05, 4.69) is 21.3 Å². The number of nitrogens with zero attached hydrogens (tertiary/aromatic N) is 7. The standard InChI is InChI=1S/C64H104Cl2F3N11O11/c1-14-39(6)54-61(90)76(10)35-52(83)74(8)36-53(84)78(12)49(33-42-20-15-16-21-44(42)65)60(89)75(9)34-50(81)71-46(26-24-41-23-25-43(45(66)32-41)64(67,68)69)59(88)80-29-19-22-47(80)57(86)73-63(27-17-18-28-63)62(91)79(13)55(38(4)5)58(87)70-40(7)31-51(82)77(11)48(30-37(2)3)56(85)72-54/h37-49,54-55H,14-36H2,1-13H3,(H,70,87)(H,71,81)(H,72,85)(H,73,86)/t39-,40+,41?,42?,43?,44?,45?,46-,47-,48-,49-,54-,55-/m0/s1. The minimum atomic E-state index is -4.50. The largest absolute Gasteiger partial charge is 0.393 e. The molecule has 4 N–H and O–H groups in total. The average Bonchev–Trinajstić information content (AvgIpc) is 1.78. The van der Waals surface area contributed by atoms with Crippen LogP contribution in [0.5, 0.6) is 0 Å². The quantitative estimate of drug-likeness (QED) is 0.200. The highest BCUT2D eigenvalue weighted by molar-refractivity contribution is 6.21. The first-order valence-corrected chi connectivity index (χ1v) is 33.8. The van der Waals surface area contributed by atoms with Crippen molar-refractivity contribution in [2.75, 3.05) is 68.5 Å². The molecule has 0 bridgehead atoms. The molecule has 5 aliphatic rings. The molecule has 0 aromatic heterocycles. The second-order valence-electron chi connectivity index (χ2n) is 27.7. The van der Waals surface area contributed by atoms with Gasteiger partial charge in [0, 0.05) is 72.0 Å². The molecule has 2 heterocycles. The topological polar surface area (TPSA) is 259 Å². The number of nitrogens with one attached hydrogen (secondary N) is 4. The highest BCUT2D eigenvalue weighted by Crippen LogP contribution is 2.44. The second-order valence-corrected chi connectivity index (χ2v) is 28.8. The number of carbonyl (C=O) groups is 11. The fourth-order valence-corrected chi connectivity index (χ4v) is 14.9. The Hall–Kier alpha value is -5.46. The second kappa shape index (κ2) is 33.6. The van der Waals surface area contributed by atoms with Crippen molar-refractivity contribution in [2.24, 2.45) is 35.5 Å². The number of hydrogen-bond donors (Lipinski definition) is 4. The van der Waals surface area contributed by atoms with E-state index in [-0.39, 0.29) is 100 Å². The molecule has 2 aliphatic heterocycles. The van der Waals surface area contributed by atoms with Crippen molar-refractivity contribution in [2.45, 2.75) is 235 Å². The van der Waals surface area contributed by atoms with Crippen LogP contribution in [0.4, 0.5) is 13.2 Å². The third-order valence-electron chi connectivity index (χ3n) is 19.8. The molecule has 0 aromatic carbocycles. The van der Waals surface area contributed by atoms with Gasteiger partial charge in [-0.05, 0) is 120 Å². The van der Waals surface area contributed by atoms with Gasteiger partial charge >= 0.3 is 6.18 Å². The van der Waals surface area contributed by atoms with Crippen LogP contribution < -0.4 is 21.3 Å². The number of hydrogen-bond acceptors (Lipinski definition) is 11. The summed E-state index contributed by atoms with van der Waals surface area (Å²) in [4.78, 5) is 168. The third-order valence-corrected chi connectivity index (χ3v) is 20.9. The molecule has 22 nitrogen and oxygen atoms in total. The molecule has 3 saturated carbocycles. The number of alkyl halides is 5. The van der Waals surface area contributed by atoms with Gasteiger partial charge in [-0.15, -0.1) is 23.2 Å². The summed E-state index contributed by atoms with van der Waals surface area (Å²) < 4.78 is 41.7. The van der Waals surface area contributed by atoms with E-state index in [4.69, 9.17) is 23.2 Å². The van der Waals surface area contributed by atoms with E-state index in [0.29, 0.717) is 38.5 Å². The average molecular weight is 1330 g/mol. The van der Waals surface area contributed by atoms with Crippen LogP contribution in [0, 0.1) is 35.5 Å². The van der Waals surface area contributed by atoms with Crippen LogP contribution in [-0.4, -0.2) is 233 Å². The van der Waals surface area contributed by atoms with Gasteiger partial charge in [-0.3, -0.25) is 52.7 Å². The van der Waals surface area contributed by atoms with E-state index in [1.807, 2.05) is 20.8 Å². The molecule has 5 rings (SSSR count). The summed E-state index contributed by atoms with van der Waals surface area (Å²) in [5.41, 5.74) is -1.48. The third kappa shape index (κ3) is 20.0. The Morgan fingerprint density at radius 3 is 1.82 bits per heavy atom. The van der Waals surface area contributed by atoms with Gasteiger partial charge in [0.2, 0.25) is 65.0 Å². The zero-order valence-corrected chi connectivity index (χ0v) is 57.4. The van der Waals surface area contributed by atoms with Crippen LogP contribution in [0.1, 0.15) is 170 Å². The lowest BCUT2D eigenvalue weighted by molar-refractivity contribution is -0.182. The van der Waals surface area contributed by atoms with Crippen molar-refractivity contribution in [3.63, 3.8) is 0 Å². The number of halogens is 5. The summed E-state index contributed by atoms with van der Waals surface area (Å²) in [5, 5.41) is 10.1. The van der Waals surface area contributed by atoms with Crippen molar-refractivity contribution < 1.29 is 65.9 Å². The Bertz CT molecular complexity index is 2600. The Morgan fingerprint density at radius 2 is 1.23 bits per heavy atom. The van der Waals surface area contributed by atoms with Gasteiger partial charge < -0.3 is 55.6 Å². The number of fused-ring (bicyclic) bond motifs is 1. The number of carbonyl (C=O) groups excluding carboxylic acids is 11. The molecule has 13 atom stereocenters. The van der Waals surface area contributed by atoms with Crippen LogP contribution in [0.2, 0.25) is 0 Å². The molecule has 27 heteroatoms. The molecule has 5 unspecified atom stereocenters. The SMILES string of the molecule is CC[C@H](C)[C@@H]1NC(=O)[C@H](CC(C)C)N(C)C(=O)C[C@@H](C)NC(=O)[C@H](C(C)C)N(C)C(=O)C2(CCCC2)NC(=O)[C@@H]2CCCN2C(=O)[C@H](CCC2CCC(C(F)(F)F)C(Cl)C2)NC(=O)CN(C)C(=O)[C@H](CC2CCCCC2Cl)N(C)C(=O)CN(C)C(=O)CN(C)C1=O. The molecule has 516 valence electrons. The van der Waals surface area contributed by atoms with Crippen LogP contribution in [0.15, 0.2) is 0 Å². The molecule has 91 heavy (non-hydrogen) atoms. The van der Waals surface area contributed by atoms with E-state index in [9.17, 15) is 56.3 Å². The van der Waals surface area contributed by atoms with Gasteiger partial charge in [-0.1, -0.05) is 73.6 Å². The molecule has 0 radical (unpaired) electrons. The lowest BCUT2D eigenvalue weighted by Crippen LogP contribution is -2.64. The number of rotatable bonds is 10. The first-order chi connectivity index (χ1) is 42.5. The van der Waals surface area contributed by atoms with Gasteiger partial charge in [-0.2, -0.15) is 13.2 Å². The van der Waals surface area contributed by atoms with Gasteiger partial charge in [0.25, 0.3) is 0 Å². The van der Waals surface area contributed by atoms with Gasteiger partial charge in [0.05, 0.1) is 25.6 Å². The minimum Gasteiger partial charge on any atom is -0.351 e.